The van der Waals surface area contributed by atoms with Crippen molar-refractivity contribution in [3.8, 4) is 0 Å². The third-order valence-corrected chi connectivity index (χ3v) is 3.06. The summed E-state index contributed by atoms with van der Waals surface area (Å²) in [5.41, 5.74) is 0. The van der Waals surface area contributed by atoms with E-state index in [2.05, 4.69) is 10.2 Å². The Bertz CT molecular complexity index is 254. The van der Waals surface area contributed by atoms with Crippen molar-refractivity contribution >= 4 is 5.97 Å². The first-order valence-electron chi connectivity index (χ1n) is 7.68. The predicted molar refractivity (Wildman–Crippen MR) is 83.5 cm³/mol. The van der Waals surface area contributed by atoms with Crippen LogP contribution in [0, 0.1) is 0 Å². The summed E-state index contributed by atoms with van der Waals surface area (Å²) < 4.78 is 15.4. The zero-order chi connectivity index (χ0) is 16.1. The van der Waals surface area contributed by atoms with E-state index in [4.69, 9.17) is 14.2 Å². The third kappa shape index (κ3) is 10.6. The highest BCUT2D eigenvalue weighted by molar-refractivity contribution is 5.75. The van der Waals surface area contributed by atoms with E-state index in [0.717, 1.165) is 19.6 Å². The number of nitrogens with zero attached hydrogens (tertiary/aromatic N) is 1. The van der Waals surface area contributed by atoms with Crippen molar-refractivity contribution in [1.82, 2.24) is 10.2 Å². The van der Waals surface area contributed by atoms with E-state index in [-0.39, 0.29) is 18.1 Å². The Kier molecular flexibility index (Phi) is 12.6. The van der Waals surface area contributed by atoms with Gasteiger partial charge in [0.2, 0.25) is 0 Å². The molecule has 0 radical (unpaired) electrons. The standard InChI is InChI=1S/C15H32N2O4/c1-6-21-15(18)14(16-13(2)3)7-8-17(9-11-19-4)10-12-20-5/h13-14,16H,6-12H2,1-5H3. The molecule has 0 heterocycles. The van der Waals surface area contributed by atoms with E-state index in [1.807, 2.05) is 20.8 Å². The molecule has 0 amide bonds. The van der Waals surface area contributed by atoms with Gasteiger partial charge in [0.05, 0.1) is 19.8 Å². The Morgan fingerprint density at radius 2 is 1.67 bits per heavy atom. The van der Waals surface area contributed by atoms with Gasteiger partial charge in [0.25, 0.3) is 0 Å². The second-order valence-electron chi connectivity index (χ2n) is 5.24. The van der Waals surface area contributed by atoms with Crippen molar-refractivity contribution in [3.63, 3.8) is 0 Å². The van der Waals surface area contributed by atoms with E-state index in [1.165, 1.54) is 0 Å². The van der Waals surface area contributed by atoms with E-state index >= 15 is 0 Å². The molecule has 0 bridgehead atoms. The summed E-state index contributed by atoms with van der Waals surface area (Å²) in [5.74, 6) is -0.176. The fourth-order valence-electron chi connectivity index (χ4n) is 2.00. The second kappa shape index (κ2) is 13.0. The molecule has 0 aromatic rings. The number of carbonyl (C=O) groups is 1. The van der Waals surface area contributed by atoms with Crippen molar-refractivity contribution in [2.45, 2.75) is 39.3 Å². The first kappa shape index (κ1) is 20.3. The van der Waals surface area contributed by atoms with Gasteiger partial charge in [-0.2, -0.15) is 0 Å². The molecule has 0 rings (SSSR count). The zero-order valence-electron chi connectivity index (χ0n) is 14.2. The van der Waals surface area contributed by atoms with Gasteiger partial charge in [-0.05, 0) is 13.3 Å². The van der Waals surface area contributed by atoms with E-state index in [0.29, 0.717) is 26.2 Å². The van der Waals surface area contributed by atoms with Crippen LogP contribution in [0.25, 0.3) is 0 Å². The van der Waals surface area contributed by atoms with Gasteiger partial charge in [-0.3, -0.25) is 9.69 Å². The van der Waals surface area contributed by atoms with Gasteiger partial charge in [-0.1, -0.05) is 13.8 Å². The van der Waals surface area contributed by atoms with Crippen LogP contribution < -0.4 is 5.32 Å². The quantitative estimate of drug-likeness (QED) is 0.510. The summed E-state index contributed by atoms with van der Waals surface area (Å²) in [6, 6.07) is -0.0247. The Labute approximate surface area is 129 Å². The van der Waals surface area contributed by atoms with E-state index < -0.39 is 0 Å². The Morgan fingerprint density at radius 3 is 2.10 bits per heavy atom. The summed E-state index contributed by atoms with van der Waals surface area (Å²) >= 11 is 0. The van der Waals surface area contributed by atoms with Crippen molar-refractivity contribution in [1.29, 1.82) is 0 Å². The molecule has 1 atom stereocenters. The molecule has 0 aromatic heterocycles. The third-order valence-electron chi connectivity index (χ3n) is 3.06. The molecule has 21 heavy (non-hydrogen) atoms. The lowest BCUT2D eigenvalue weighted by molar-refractivity contribution is -0.146. The fourth-order valence-corrected chi connectivity index (χ4v) is 2.00. The first-order chi connectivity index (χ1) is 10.0. The Morgan fingerprint density at radius 1 is 1.10 bits per heavy atom. The van der Waals surface area contributed by atoms with Gasteiger partial charge in [-0.15, -0.1) is 0 Å². The molecule has 0 fully saturated rings. The molecule has 0 aliphatic carbocycles. The SMILES string of the molecule is CCOC(=O)C(CCN(CCOC)CCOC)NC(C)C. The highest BCUT2D eigenvalue weighted by atomic mass is 16.5. The molecule has 1 unspecified atom stereocenters. The van der Waals surface area contributed by atoms with Crippen molar-refractivity contribution in [2.24, 2.45) is 0 Å². The van der Waals surface area contributed by atoms with Gasteiger partial charge < -0.3 is 19.5 Å². The average Bonchev–Trinajstić information content (AvgIpc) is 2.44. The van der Waals surface area contributed by atoms with Crippen molar-refractivity contribution < 1.29 is 19.0 Å². The van der Waals surface area contributed by atoms with Gasteiger partial charge >= 0.3 is 5.97 Å². The lowest BCUT2D eigenvalue weighted by Crippen LogP contribution is -2.44. The maximum absolute atomic E-state index is 12.0. The summed E-state index contributed by atoms with van der Waals surface area (Å²) in [6.07, 6.45) is 0.713. The number of carbonyl (C=O) groups excluding carboxylic acids is 1. The van der Waals surface area contributed by atoms with Crippen LogP contribution in [-0.4, -0.2) is 76.6 Å². The Hall–Kier alpha value is -0.690. The molecule has 6 nitrogen and oxygen atoms in total. The zero-order valence-corrected chi connectivity index (χ0v) is 14.2. The minimum absolute atomic E-state index is 0.176. The maximum Gasteiger partial charge on any atom is 0.323 e. The molecule has 0 aromatic carbocycles. The van der Waals surface area contributed by atoms with Crippen LogP contribution in [0.4, 0.5) is 0 Å². The Balaban J connectivity index is 4.38. The minimum Gasteiger partial charge on any atom is -0.465 e. The van der Waals surface area contributed by atoms with Gasteiger partial charge in [0, 0.05) is 39.9 Å². The van der Waals surface area contributed by atoms with Crippen LogP contribution in [0.5, 0.6) is 0 Å². The fraction of sp³-hybridized carbons (Fsp3) is 0.933. The van der Waals surface area contributed by atoms with Crippen LogP contribution in [-0.2, 0) is 19.0 Å². The average molecular weight is 304 g/mol. The van der Waals surface area contributed by atoms with Crippen LogP contribution in [0.3, 0.4) is 0 Å². The summed E-state index contributed by atoms with van der Waals surface area (Å²) in [7, 11) is 3.38. The maximum atomic E-state index is 12.0. The smallest absolute Gasteiger partial charge is 0.323 e. The summed E-state index contributed by atoms with van der Waals surface area (Å²) in [4.78, 5) is 14.2. The lowest BCUT2D eigenvalue weighted by atomic mass is 10.1. The van der Waals surface area contributed by atoms with Gasteiger partial charge in [0.15, 0.2) is 0 Å². The predicted octanol–water partition coefficient (Wildman–Crippen LogP) is 0.901. The van der Waals surface area contributed by atoms with Crippen LogP contribution in [0.2, 0.25) is 0 Å². The lowest BCUT2D eigenvalue weighted by Gasteiger charge is -2.25. The largest absolute Gasteiger partial charge is 0.465 e. The number of nitrogens with one attached hydrogen (secondary N) is 1. The van der Waals surface area contributed by atoms with Crippen LogP contribution in [0.15, 0.2) is 0 Å². The normalized spacial score (nSPS) is 12.9. The highest BCUT2D eigenvalue weighted by Crippen LogP contribution is 2.02. The number of ether oxygens (including phenoxy) is 3. The number of hydrogen-bond acceptors (Lipinski definition) is 6. The number of methoxy groups -OCH3 is 2. The van der Waals surface area contributed by atoms with Gasteiger partial charge in [-0.25, -0.2) is 0 Å². The molecule has 0 aliphatic rings. The van der Waals surface area contributed by atoms with Crippen LogP contribution >= 0.6 is 0 Å². The summed E-state index contributed by atoms with van der Waals surface area (Å²) in [5, 5.41) is 3.27. The number of esters is 1. The van der Waals surface area contributed by atoms with Gasteiger partial charge in [0.1, 0.15) is 6.04 Å². The van der Waals surface area contributed by atoms with Crippen molar-refractivity contribution in [2.75, 3.05) is 53.7 Å². The minimum atomic E-state index is -0.266. The van der Waals surface area contributed by atoms with E-state index in [9.17, 15) is 4.79 Å². The highest BCUT2D eigenvalue weighted by Gasteiger charge is 2.21. The molecule has 0 spiro atoms. The molecule has 1 N–H and O–H groups in total. The molecular formula is C15H32N2O4. The monoisotopic (exact) mass is 304 g/mol. The molecule has 6 heteroatoms. The molecule has 0 saturated heterocycles. The van der Waals surface area contributed by atoms with Crippen molar-refractivity contribution in [3.05, 3.63) is 0 Å². The van der Waals surface area contributed by atoms with Crippen LogP contribution in [0.1, 0.15) is 27.2 Å². The molecule has 0 saturated carbocycles. The molecular weight excluding hydrogens is 272 g/mol. The second-order valence-corrected chi connectivity index (χ2v) is 5.24. The molecule has 0 aliphatic heterocycles. The first-order valence-corrected chi connectivity index (χ1v) is 7.68. The summed E-state index contributed by atoms with van der Waals surface area (Å²) in [6.45, 7) is 10.1. The topological polar surface area (TPSA) is 60.0 Å². The molecule has 126 valence electrons. The number of rotatable bonds is 13. The number of hydrogen-bond donors (Lipinski definition) is 1. The van der Waals surface area contributed by atoms with E-state index in [1.54, 1.807) is 14.2 Å².